The highest BCUT2D eigenvalue weighted by atomic mass is 35.5. The fraction of sp³-hybridized carbons (Fsp3) is 0.300. The summed E-state index contributed by atoms with van der Waals surface area (Å²) in [6, 6.07) is 5.24. The first-order valence-corrected chi connectivity index (χ1v) is 5.54. The maximum Gasteiger partial charge on any atom is 0.424 e. The van der Waals surface area contributed by atoms with E-state index in [4.69, 9.17) is 27.9 Å². The molecule has 1 fully saturated rings. The van der Waals surface area contributed by atoms with Gasteiger partial charge in [-0.05, 0) is 17.7 Å². The number of hydrazine groups is 1. The van der Waals surface area contributed by atoms with E-state index in [0.29, 0.717) is 29.7 Å². The lowest BCUT2D eigenvalue weighted by Gasteiger charge is -2.14. The van der Waals surface area contributed by atoms with Crippen LogP contribution in [0.25, 0.3) is 0 Å². The van der Waals surface area contributed by atoms with Gasteiger partial charge in [-0.2, -0.15) is 0 Å². The molecule has 1 aromatic carbocycles. The van der Waals surface area contributed by atoms with Crippen molar-refractivity contribution in [1.29, 1.82) is 0 Å². The Morgan fingerprint density at radius 3 is 2.88 bits per heavy atom. The predicted molar refractivity (Wildman–Crippen MR) is 61.4 cm³/mol. The number of ether oxygens (including phenoxy) is 1. The number of nitrogens with zero attached hydrogens (tertiary/aromatic N) is 1. The largest absolute Gasteiger partial charge is 0.447 e. The summed E-state index contributed by atoms with van der Waals surface area (Å²) >= 11 is 11.8. The van der Waals surface area contributed by atoms with Gasteiger partial charge in [-0.1, -0.05) is 29.3 Å². The Kier molecular flexibility index (Phi) is 3.53. The molecule has 4 nitrogen and oxygen atoms in total. The van der Waals surface area contributed by atoms with Crippen LogP contribution in [0.4, 0.5) is 4.79 Å². The number of rotatable bonds is 3. The predicted octanol–water partition coefficient (Wildman–Crippen LogP) is 2.45. The first kappa shape index (κ1) is 11.5. The smallest absolute Gasteiger partial charge is 0.424 e. The molecule has 16 heavy (non-hydrogen) atoms. The number of carbonyl (C=O) groups excluding carboxylic acids is 1. The van der Waals surface area contributed by atoms with E-state index in [1.54, 1.807) is 12.1 Å². The molecule has 1 saturated heterocycles. The number of benzene rings is 1. The lowest BCUT2D eigenvalue weighted by atomic mass is 10.2. The van der Waals surface area contributed by atoms with Crippen molar-refractivity contribution in [3.8, 4) is 0 Å². The number of amides is 1. The highest BCUT2D eigenvalue weighted by Crippen LogP contribution is 2.20. The molecule has 0 aliphatic carbocycles. The normalized spacial score (nSPS) is 15.4. The first-order valence-electron chi connectivity index (χ1n) is 4.78. The first-order chi connectivity index (χ1) is 7.66. The Morgan fingerprint density at radius 2 is 2.25 bits per heavy atom. The number of halogens is 2. The Bertz CT molecular complexity index is 412. The van der Waals surface area contributed by atoms with Crippen LogP contribution in [-0.2, 0) is 11.3 Å². The van der Waals surface area contributed by atoms with Crippen molar-refractivity contribution in [2.45, 2.75) is 6.54 Å². The second kappa shape index (κ2) is 4.91. The summed E-state index contributed by atoms with van der Waals surface area (Å²) in [4.78, 5) is 11.1. The maximum absolute atomic E-state index is 11.1. The molecule has 0 spiro atoms. The third kappa shape index (κ3) is 2.58. The van der Waals surface area contributed by atoms with E-state index < -0.39 is 0 Å². The van der Waals surface area contributed by atoms with Crippen LogP contribution >= 0.6 is 23.2 Å². The van der Waals surface area contributed by atoms with Crippen LogP contribution in [0, 0.1) is 0 Å². The summed E-state index contributed by atoms with van der Waals surface area (Å²) in [6.07, 6.45) is -0.356. The van der Waals surface area contributed by atoms with Crippen molar-refractivity contribution in [3.05, 3.63) is 33.8 Å². The van der Waals surface area contributed by atoms with Crippen LogP contribution in [0.5, 0.6) is 0 Å². The van der Waals surface area contributed by atoms with Gasteiger partial charge in [0.2, 0.25) is 0 Å². The van der Waals surface area contributed by atoms with E-state index in [2.05, 4.69) is 5.43 Å². The van der Waals surface area contributed by atoms with Gasteiger partial charge in [0.15, 0.2) is 0 Å². The lowest BCUT2D eigenvalue weighted by Crippen LogP contribution is -2.38. The molecule has 86 valence electrons. The van der Waals surface area contributed by atoms with Gasteiger partial charge < -0.3 is 4.74 Å². The van der Waals surface area contributed by atoms with E-state index in [-0.39, 0.29) is 6.09 Å². The summed E-state index contributed by atoms with van der Waals surface area (Å²) < 4.78 is 4.77. The molecule has 0 unspecified atom stereocenters. The van der Waals surface area contributed by atoms with Crippen LogP contribution in [-0.4, -0.2) is 24.3 Å². The zero-order valence-corrected chi connectivity index (χ0v) is 9.88. The van der Waals surface area contributed by atoms with Crippen molar-refractivity contribution in [3.63, 3.8) is 0 Å². The topological polar surface area (TPSA) is 41.6 Å². The van der Waals surface area contributed by atoms with Crippen molar-refractivity contribution >= 4 is 29.3 Å². The minimum absolute atomic E-state index is 0.356. The Morgan fingerprint density at radius 1 is 1.44 bits per heavy atom. The molecular weight excluding hydrogens is 251 g/mol. The van der Waals surface area contributed by atoms with Gasteiger partial charge in [0.25, 0.3) is 0 Å². The number of hydrogen-bond donors (Lipinski definition) is 1. The van der Waals surface area contributed by atoms with E-state index in [1.165, 1.54) is 5.01 Å². The molecule has 1 amide bonds. The summed E-state index contributed by atoms with van der Waals surface area (Å²) in [6.45, 7) is 1.43. The minimum Gasteiger partial charge on any atom is -0.447 e. The Balaban J connectivity index is 1.96. The standard InChI is InChI=1S/C10H10Cl2N2O2/c11-8-2-1-7(9(12)5-8)6-13-14-3-4-16-10(14)15/h1-2,5,13H,3-4,6H2. The lowest BCUT2D eigenvalue weighted by molar-refractivity contribution is 0.145. The summed E-state index contributed by atoms with van der Waals surface area (Å²) in [5.41, 5.74) is 3.82. The zero-order valence-electron chi connectivity index (χ0n) is 8.37. The summed E-state index contributed by atoms with van der Waals surface area (Å²) in [7, 11) is 0. The minimum atomic E-state index is -0.356. The maximum atomic E-state index is 11.1. The molecule has 1 aliphatic heterocycles. The van der Waals surface area contributed by atoms with E-state index in [1.807, 2.05) is 6.07 Å². The molecular formula is C10H10Cl2N2O2. The molecule has 1 aromatic rings. The van der Waals surface area contributed by atoms with Gasteiger partial charge in [-0.3, -0.25) is 0 Å². The van der Waals surface area contributed by atoms with Gasteiger partial charge in [-0.15, -0.1) is 0 Å². The van der Waals surface area contributed by atoms with Gasteiger partial charge in [0.1, 0.15) is 6.61 Å². The van der Waals surface area contributed by atoms with Crippen LogP contribution in [0.2, 0.25) is 10.0 Å². The van der Waals surface area contributed by atoms with Crippen LogP contribution in [0.1, 0.15) is 5.56 Å². The Hall–Kier alpha value is -0.970. The fourth-order valence-electron chi connectivity index (χ4n) is 1.38. The van der Waals surface area contributed by atoms with Gasteiger partial charge >= 0.3 is 6.09 Å². The molecule has 2 rings (SSSR count). The van der Waals surface area contributed by atoms with Gasteiger partial charge in [-0.25, -0.2) is 15.2 Å². The molecule has 1 N–H and O–H groups in total. The third-order valence-electron chi connectivity index (χ3n) is 2.24. The van der Waals surface area contributed by atoms with Gasteiger partial charge in [0, 0.05) is 16.6 Å². The highest BCUT2D eigenvalue weighted by Gasteiger charge is 2.21. The highest BCUT2D eigenvalue weighted by molar-refractivity contribution is 6.35. The van der Waals surface area contributed by atoms with Crippen LogP contribution in [0.3, 0.4) is 0 Å². The van der Waals surface area contributed by atoms with Crippen LogP contribution < -0.4 is 5.43 Å². The van der Waals surface area contributed by atoms with E-state index in [9.17, 15) is 4.79 Å². The van der Waals surface area contributed by atoms with Gasteiger partial charge in [0.05, 0.1) is 6.54 Å². The van der Waals surface area contributed by atoms with Crippen molar-refractivity contribution in [1.82, 2.24) is 10.4 Å². The number of hydrogen-bond acceptors (Lipinski definition) is 3. The number of carbonyl (C=O) groups is 1. The monoisotopic (exact) mass is 260 g/mol. The third-order valence-corrected chi connectivity index (χ3v) is 2.82. The SMILES string of the molecule is O=C1OCCN1NCc1ccc(Cl)cc1Cl. The van der Waals surface area contributed by atoms with Crippen molar-refractivity contribution in [2.24, 2.45) is 0 Å². The second-order valence-electron chi connectivity index (χ2n) is 3.34. The molecule has 6 heteroatoms. The summed E-state index contributed by atoms with van der Waals surface area (Å²) in [5, 5.41) is 2.59. The number of cyclic esters (lactones) is 1. The van der Waals surface area contributed by atoms with Crippen LogP contribution in [0.15, 0.2) is 18.2 Å². The Labute approximate surface area is 103 Å². The molecule has 0 radical (unpaired) electrons. The molecule has 0 atom stereocenters. The molecule has 0 bridgehead atoms. The fourth-order valence-corrected chi connectivity index (χ4v) is 1.86. The molecule has 0 saturated carbocycles. The number of nitrogens with one attached hydrogen (secondary N) is 1. The average molecular weight is 261 g/mol. The summed E-state index contributed by atoms with van der Waals surface area (Å²) in [5.74, 6) is 0. The quantitative estimate of drug-likeness (QED) is 0.908. The van der Waals surface area contributed by atoms with Crippen molar-refractivity contribution < 1.29 is 9.53 Å². The molecule has 1 aliphatic rings. The zero-order chi connectivity index (χ0) is 11.5. The molecule has 1 heterocycles. The molecule has 0 aromatic heterocycles. The second-order valence-corrected chi connectivity index (χ2v) is 4.18. The van der Waals surface area contributed by atoms with E-state index >= 15 is 0 Å². The van der Waals surface area contributed by atoms with Crippen molar-refractivity contribution in [2.75, 3.05) is 13.2 Å². The van der Waals surface area contributed by atoms with E-state index in [0.717, 1.165) is 5.56 Å². The average Bonchev–Trinajstić information content (AvgIpc) is 2.63.